The minimum Gasteiger partial charge on any atom is -0.313 e. The SMILES string of the molecule is CCn1c(SC(C)C)nc2c1c(=O)[nH]c(=O)n2C. The molecule has 0 radical (unpaired) electrons. The second-order valence-electron chi connectivity index (χ2n) is 4.30. The van der Waals surface area contributed by atoms with Gasteiger partial charge in [0.25, 0.3) is 5.56 Å². The fraction of sp³-hybridized carbons (Fsp3) is 0.545. The molecule has 0 amide bonds. The molecule has 0 fully saturated rings. The summed E-state index contributed by atoms with van der Waals surface area (Å²) in [5.41, 5.74) is 0.0870. The molecule has 2 aromatic rings. The molecular weight excluding hydrogens is 252 g/mol. The molecular formula is C11H16N4O2S. The van der Waals surface area contributed by atoms with Crippen molar-refractivity contribution < 1.29 is 0 Å². The van der Waals surface area contributed by atoms with Gasteiger partial charge in [0.15, 0.2) is 16.3 Å². The molecule has 2 heterocycles. The van der Waals surface area contributed by atoms with E-state index in [1.165, 1.54) is 4.57 Å². The van der Waals surface area contributed by atoms with Crippen molar-refractivity contribution in [2.45, 2.75) is 37.7 Å². The number of rotatable bonds is 3. The largest absolute Gasteiger partial charge is 0.329 e. The maximum absolute atomic E-state index is 11.9. The monoisotopic (exact) mass is 268 g/mol. The lowest BCUT2D eigenvalue weighted by molar-refractivity contribution is 0.698. The first-order valence-electron chi connectivity index (χ1n) is 5.81. The maximum atomic E-state index is 11.9. The van der Waals surface area contributed by atoms with Crippen molar-refractivity contribution in [1.29, 1.82) is 0 Å². The average molecular weight is 268 g/mol. The van der Waals surface area contributed by atoms with Crippen LogP contribution >= 0.6 is 11.8 Å². The van der Waals surface area contributed by atoms with Gasteiger partial charge >= 0.3 is 5.69 Å². The zero-order valence-electron chi connectivity index (χ0n) is 10.9. The van der Waals surface area contributed by atoms with Gasteiger partial charge < -0.3 is 4.57 Å². The Balaban J connectivity index is 2.84. The van der Waals surface area contributed by atoms with Gasteiger partial charge in [0, 0.05) is 18.8 Å². The first-order valence-corrected chi connectivity index (χ1v) is 6.69. The number of aromatic nitrogens is 4. The van der Waals surface area contributed by atoms with Crippen molar-refractivity contribution in [2.75, 3.05) is 0 Å². The zero-order chi connectivity index (χ0) is 13.4. The van der Waals surface area contributed by atoms with Gasteiger partial charge in [-0.05, 0) is 6.92 Å². The Morgan fingerprint density at radius 1 is 1.39 bits per heavy atom. The summed E-state index contributed by atoms with van der Waals surface area (Å²) in [5, 5.41) is 1.14. The van der Waals surface area contributed by atoms with E-state index in [1.807, 2.05) is 11.5 Å². The van der Waals surface area contributed by atoms with Crippen LogP contribution < -0.4 is 11.2 Å². The van der Waals surface area contributed by atoms with Crippen LogP contribution in [0, 0.1) is 0 Å². The van der Waals surface area contributed by atoms with E-state index in [0.29, 0.717) is 23.0 Å². The third-order valence-corrected chi connectivity index (χ3v) is 3.62. The Morgan fingerprint density at radius 2 is 2.06 bits per heavy atom. The van der Waals surface area contributed by atoms with Crippen molar-refractivity contribution in [3.8, 4) is 0 Å². The Labute approximate surface area is 108 Å². The molecule has 0 saturated heterocycles. The minimum atomic E-state index is -0.436. The van der Waals surface area contributed by atoms with Crippen LogP contribution in [0.1, 0.15) is 20.8 Å². The summed E-state index contributed by atoms with van der Waals surface area (Å²) in [6.07, 6.45) is 0. The molecule has 0 atom stereocenters. The second kappa shape index (κ2) is 4.64. The third kappa shape index (κ3) is 1.98. The number of thioether (sulfide) groups is 1. The molecule has 2 rings (SSSR count). The normalized spacial score (nSPS) is 11.6. The van der Waals surface area contributed by atoms with E-state index >= 15 is 0 Å². The first kappa shape index (κ1) is 12.9. The van der Waals surface area contributed by atoms with E-state index in [1.54, 1.807) is 18.8 Å². The molecule has 0 bridgehead atoms. The van der Waals surface area contributed by atoms with Gasteiger partial charge in [-0.1, -0.05) is 25.6 Å². The fourth-order valence-electron chi connectivity index (χ4n) is 1.81. The van der Waals surface area contributed by atoms with E-state index in [-0.39, 0.29) is 5.56 Å². The number of hydrogen-bond acceptors (Lipinski definition) is 4. The lowest BCUT2D eigenvalue weighted by Crippen LogP contribution is -2.29. The van der Waals surface area contributed by atoms with E-state index < -0.39 is 5.69 Å². The molecule has 0 saturated carbocycles. The highest BCUT2D eigenvalue weighted by Gasteiger charge is 2.17. The van der Waals surface area contributed by atoms with Crippen molar-refractivity contribution in [1.82, 2.24) is 19.1 Å². The van der Waals surface area contributed by atoms with Gasteiger partial charge in [-0.3, -0.25) is 14.3 Å². The van der Waals surface area contributed by atoms with Crippen molar-refractivity contribution >= 4 is 22.9 Å². The van der Waals surface area contributed by atoms with Crippen molar-refractivity contribution in [3.63, 3.8) is 0 Å². The number of nitrogens with zero attached hydrogens (tertiary/aromatic N) is 3. The van der Waals surface area contributed by atoms with Crippen molar-refractivity contribution in [2.24, 2.45) is 7.05 Å². The molecule has 0 aromatic carbocycles. The van der Waals surface area contributed by atoms with Crippen LogP contribution in [-0.4, -0.2) is 24.4 Å². The summed E-state index contributed by atoms with van der Waals surface area (Å²) in [5.74, 6) is 0. The predicted octanol–water partition coefficient (Wildman–Crippen LogP) is 0.944. The second-order valence-corrected chi connectivity index (χ2v) is 5.84. The molecule has 0 aliphatic carbocycles. The predicted molar refractivity (Wildman–Crippen MR) is 72.3 cm³/mol. The quantitative estimate of drug-likeness (QED) is 0.841. The first-order chi connectivity index (χ1) is 8.45. The molecule has 2 aromatic heterocycles. The summed E-state index contributed by atoms with van der Waals surface area (Å²) in [4.78, 5) is 30.1. The van der Waals surface area contributed by atoms with Crippen LogP contribution in [0.5, 0.6) is 0 Å². The highest BCUT2D eigenvalue weighted by Crippen LogP contribution is 2.24. The summed E-state index contributed by atoms with van der Waals surface area (Å²) >= 11 is 1.58. The Kier molecular flexibility index (Phi) is 3.34. The van der Waals surface area contributed by atoms with E-state index in [2.05, 4.69) is 23.8 Å². The Bertz CT molecular complexity index is 695. The third-order valence-electron chi connectivity index (χ3n) is 2.63. The summed E-state index contributed by atoms with van der Waals surface area (Å²) in [7, 11) is 1.61. The summed E-state index contributed by atoms with van der Waals surface area (Å²) in [6.45, 7) is 6.73. The number of fused-ring (bicyclic) bond motifs is 1. The highest BCUT2D eigenvalue weighted by molar-refractivity contribution is 7.99. The summed E-state index contributed by atoms with van der Waals surface area (Å²) < 4.78 is 3.21. The van der Waals surface area contributed by atoms with Crippen LogP contribution in [0.25, 0.3) is 11.2 Å². The molecule has 0 spiro atoms. The van der Waals surface area contributed by atoms with Gasteiger partial charge in [-0.15, -0.1) is 0 Å². The van der Waals surface area contributed by atoms with Crippen molar-refractivity contribution in [3.05, 3.63) is 20.8 Å². The minimum absolute atomic E-state index is 0.364. The molecule has 0 aliphatic rings. The number of nitrogens with one attached hydrogen (secondary N) is 1. The van der Waals surface area contributed by atoms with Gasteiger partial charge in [0.2, 0.25) is 0 Å². The van der Waals surface area contributed by atoms with Gasteiger partial charge in [0.1, 0.15) is 0 Å². The molecule has 1 N–H and O–H groups in total. The lowest BCUT2D eigenvalue weighted by atomic mass is 10.5. The number of hydrogen-bond donors (Lipinski definition) is 1. The molecule has 0 unspecified atom stereocenters. The number of imidazole rings is 1. The smallest absolute Gasteiger partial charge is 0.313 e. The van der Waals surface area contributed by atoms with E-state index in [9.17, 15) is 9.59 Å². The van der Waals surface area contributed by atoms with Gasteiger partial charge in [-0.2, -0.15) is 0 Å². The van der Waals surface area contributed by atoms with Gasteiger partial charge in [-0.25, -0.2) is 9.78 Å². The van der Waals surface area contributed by atoms with E-state index in [0.717, 1.165) is 5.16 Å². The topological polar surface area (TPSA) is 72.7 Å². The maximum Gasteiger partial charge on any atom is 0.329 e. The molecule has 0 aliphatic heterocycles. The molecule has 98 valence electrons. The zero-order valence-corrected chi connectivity index (χ0v) is 11.7. The number of aryl methyl sites for hydroxylation is 2. The Morgan fingerprint density at radius 3 is 2.61 bits per heavy atom. The van der Waals surface area contributed by atoms with E-state index in [4.69, 9.17) is 0 Å². The number of H-pyrrole nitrogens is 1. The Hall–Kier alpha value is -1.50. The van der Waals surface area contributed by atoms with Crippen LogP contribution in [0.2, 0.25) is 0 Å². The number of aromatic amines is 1. The fourth-order valence-corrected chi connectivity index (χ4v) is 2.72. The molecule has 18 heavy (non-hydrogen) atoms. The highest BCUT2D eigenvalue weighted by atomic mass is 32.2. The summed E-state index contributed by atoms with van der Waals surface area (Å²) in [6, 6.07) is 0. The standard InChI is InChI=1S/C11H16N4O2S/c1-5-15-7-8(12-11(15)18-6(2)3)14(4)10(17)13-9(7)16/h6H,5H2,1-4H3,(H,13,16,17). The lowest BCUT2D eigenvalue weighted by Gasteiger charge is -2.06. The molecule has 7 heteroatoms. The van der Waals surface area contributed by atoms with Gasteiger partial charge in [0.05, 0.1) is 0 Å². The molecule has 6 nitrogen and oxygen atoms in total. The van der Waals surface area contributed by atoms with Crippen LogP contribution in [-0.2, 0) is 13.6 Å². The average Bonchev–Trinajstić information content (AvgIpc) is 2.64. The van der Waals surface area contributed by atoms with Crippen LogP contribution in [0.4, 0.5) is 0 Å². The van der Waals surface area contributed by atoms with Crippen LogP contribution in [0.15, 0.2) is 14.7 Å². The van der Waals surface area contributed by atoms with Crippen LogP contribution in [0.3, 0.4) is 0 Å².